The fourth-order valence-electron chi connectivity index (χ4n) is 3.24. The van der Waals surface area contributed by atoms with Gasteiger partial charge in [-0.15, -0.1) is 11.3 Å². The number of aromatic nitrogens is 2. The molecule has 1 N–H and O–H groups in total. The second-order valence-corrected chi connectivity index (χ2v) is 7.29. The number of hydrogen-bond acceptors (Lipinski definition) is 4. The molecule has 108 valence electrons. The fourth-order valence-corrected chi connectivity index (χ4v) is 4.24. The van der Waals surface area contributed by atoms with Gasteiger partial charge in [-0.25, -0.2) is 9.97 Å². The summed E-state index contributed by atoms with van der Waals surface area (Å²) in [5.74, 6) is 2.64. The molecule has 20 heavy (non-hydrogen) atoms. The van der Waals surface area contributed by atoms with Gasteiger partial charge in [-0.05, 0) is 37.7 Å². The Morgan fingerprint density at radius 1 is 1.25 bits per heavy atom. The number of aryl methyl sites for hydroxylation is 2. The van der Waals surface area contributed by atoms with Crippen LogP contribution in [-0.4, -0.2) is 16.5 Å². The van der Waals surface area contributed by atoms with Crippen LogP contribution in [0.5, 0.6) is 0 Å². The minimum Gasteiger partial charge on any atom is -0.369 e. The Labute approximate surface area is 124 Å². The lowest BCUT2D eigenvalue weighted by Crippen LogP contribution is -2.24. The fraction of sp³-hybridized carbons (Fsp3) is 0.625. The predicted octanol–water partition coefficient (Wildman–Crippen LogP) is 4.55. The Hall–Kier alpha value is -1.16. The van der Waals surface area contributed by atoms with Crippen LogP contribution in [0.2, 0.25) is 0 Å². The Morgan fingerprint density at radius 3 is 2.85 bits per heavy atom. The average molecular weight is 289 g/mol. The molecule has 0 saturated heterocycles. The molecule has 2 unspecified atom stereocenters. The standard InChI is InChI=1S/C16H23N3S/c1-10-6-4-5-7-13(10)8-17-15-14-11(2)12(3)20-16(14)19-9-18-15/h9-10,13H,4-8H2,1-3H3,(H,17,18,19). The van der Waals surface area contributed by atoms with Crippen molar-refractivity contribution >= 4 is 27.4 Å². The molecule has 2 atom stereocenters. The maximum absolute atomic E-state index is 4.47. The van der Waals surface area contributed by atoms with Crippen molar-refractivity contribution in [1.29, 1.82) is 0 Å². The summed E-state index contributed by atoms with van der Waals surface area (Å²) in [5, 5.41) is 4.82. The second kappa shape index (κ2) is 5.68. The lowest BCUT2D eigenvalue weighted by atomic mass is 9.80. The Bertz CT molecular complexity index is 605. The molecule has 0 spiro atoms. The van der Waals surface area contributed by atoms with Crippen LogP contribution in [0.3, 0.4) is 0 Å². The molecule has 4 heteroatoms. The molecule has 2 aromatic rings. The van der Waals surface area contributed by atoms with Crippen LogP contribution in [0, 0.1) is 25.7 Å². The molecule has 0 aromatic carbocycles. The maximum atomic E-state index is 4.47. The van der Waals surface area contributed by atoms with Crippen LogP contribution >= 0.6 is 11.3 Å². The molecule has 3 nitrogen and oxygen atoms in total. The zero-order valence-corrected chi connectivity index (χ0v) is 13.4. The summed E-state index contributed by atoms with van der Waals surface area (Å²) in [5.41, 5.74) is 1.32. The van der Waals surface area contributed by atoms with Gasteiger partial charge in [-0.2, -0.15) is 0 Å². The second-order valence-electron chi connectivity index (χ2n) is 6.09. The summed E-state index contributed by atoms with van der Waals surface area (Å²) in [6.07, 6.45) is 7.20. The SMILES string of the molecule is Cc1sc2ncnc(NCC3CCCCC3C)c2c1C. The van der Waals surface area contributed by atoms with E-state index in [1.165, 1.54) is 41.5 Å². The molecule has 0 radical (unpaired) electrons. The summed E-state index contributed by atoms with van der Waals surface area (Å²) in [6.45, 7) is 7.77. The highest BCUT2D eigenvalue weighted by Crippen LogP contribution is 2.34. The first kappa shape index (κ1) is 13.8. The van der Waals surface area contributed by atoms with Crippen molar-refractivity contribution in [2.24, 2.45) is 11.8 Å². The zero-order chi connectivity index (χ0) is 14.1. The molecule has 0 aliphatic heterocycles. The van der Waals surface area contributed by atoms with E-state index in [0.29, 0.717) is 0 Å². The molecular weight excluding hydrogens is 266 g/mol. The summed E-state index contributed by atoms with van der Waals surface area (Å²) in [7, 11) is 0. The minimum absolute atomic E-state index is 0.786. The zero-order valence-electron chi connectivity index (χ0n) is 12.6. The lowest BCUT2D eigenvalue weighted by molar-refractivity contribution is 0.268. The molecule has 1 aliphatic rings. The van der Waals surface area contributed by atoms with E-state index in [1.807, 2.05) is 0 Å². The first-order chi connectivity index (χ1) is 9.66. The number of anilines is 1. The summed E-state index contributed by atoms with van der Waals surface area (Å²) < 4.78 is 0. The van der Waals surface area contributed by atoms with Gasteiger partial charge in [0.1, 0.15) is 17.0 Å². The van der Waals surface area contributed by atoms with E-state index >= 15 is 0 Å². The Morgan fingerprint density at radius 2 is 2.05 bits per heavy atom. The van der Waals surface area contributed by atoms with Crippen LogP contribution in [0.1, 0.15) is 43.0 Å². The van der Waals surface area contributed by atoms with Gasteiger partial charge in [-0.1, -0.05) is 26.2 Å². The normalized spacial score (nSPS) is 23.1. The van der Waals surface area contributed by atoms with Gasteiger partial charge < -0.3 is 5.32 Å². The number of hydrogen-bond donors (Lipinski definition) is 1. The van der Waals surface area contributed by atoms with E-state index in [0.717, 1.165) is 29.0 Å². The quantitative estimate of drug-likeness (QED) is 0.901. The largest absolute Gasteiger partial charge is 0.369 e. The van der Waals surface area contributed by atoms with Gasteiger partial charge in [0.25, 0.3) is 0 Å². The lowest BCUT2D eigenvalue weighted by Gasteiger charge is -2.29. The van der Waals surface area contributed by atoms with Crippen LogP contribution in [0.4, 0.5) is 5.82 Å². The number of rotatable bonds is 3. The van der Waals surface area contributed by atoms with Gasteiger partial charge >= 0.3 is 0 Å². The molecule has 2 heterocycles. The monoisotopic (exact) mass is 289 g/mol. The van der Waals surface area contributed by atoms with Gasteiger partial charge in [0.2, 0.25) is 0 Å². The van der Waals surface area contributed by atoms with Crippen molar-refractivity contribution in [3.63, 3.8) is 0 Å². The van der Waals surface area contributed by atoms with Crippen molar-refractivity contribution in [1.82, 2.24) is 9.97 Å². The van der Waals surface area contributed by atoms with Gasteiger partial charge in [-0.3, -0.25) is 0 Å². The number of nitrogens with one attached hydrogen (secondary N) is 1. The summed E-state index contributed by atoms with van der Waals surface area (Å²) in [6, 6.07) is 0. The topological polar surface area (TPSA) is 37.8 Å². The Balaban J connectivity index is 1.80. The molecule has 1 aliphatic carbocycles. The van der Waals surface area contributed by atoms with Crippen LogP contribution in [0.15, 0.2) is 6.33 Å². The number of fused-ring (bicyclic) bond motifs is 1. The molecule has 0 amide bonds. The maximum Gasteiger partial charge on any atom is 0.138 e. The minimum atomic E-state index is 0.786. The van der Waals surface area contributed by atoms with Gasteiger partial charge in [0, 0.05) is 11.4 Å². The number of thiophene rings is 1. The van der Waals surface area contributed by atoms with Crippen molar-refractivity contribution < 1.29 is 0 Å². The van der Waals surface area contributed by atoms with E-state index in [4.69, 9.17) is 0 Å². The molecule has 2 aromatic heterocycles. The smallest absolute Gasteiger partial charge is 0.138 e. The first-order valence-electron chi connectivity index (χ1n) is 7.61. The van der Waals surface area contributed by atoms with Gasteiger partial charge in [0.15, 0.2) is 0 Å². The highest BCUT2D eigenvalue weighted by atomic mass is 32.1. The summed E-state index contributed by atoms with van der Waals surface area (Å²) in [4.78, 5) is 11.3. The molecule has 1 fully saturated rings. The first-order valence-corrected chi connectivity index (χ1v) is 8.43. The highest BCUT2D eigenvalue weighted by molar-refractivity contribution is 7.18. The molecule has 3 rings (SSSR count). The Kier molecular flexibility index (Phi) is 3.92. The van der Waals surface area contributed by atoms with Crippen molar-refractivity contribution in [2.45, 2.75) is 46.5 Å². The third-order valence-corrected chi connectivity index (χ3v) is 5.90. The van der Waals surface area contributed by atoms with Crippen LogP contribution in [-0.2, 0) is 0 Å². The third kappa shape index (κ3) is 2.53. The van der Waals surface area contributed by atoms with E-state index in [-0.39, 0.29) is 0 Å². The van der Waals surface area contributed by atoms with E-state index in [2.05, 4.69) is 36.1 Å². The number of nitrogens with zero attached hydrogens (tertiary/aromatic N) is 2. The summed E-state index contributed by atoms with van der Waals surface area (Å²) >= 11 is 1.76. The van der Waals surface area contributed by atoms with Crippen molar-refractivity contribution in [2.75, 3.05) is 11.9 Å². The molecule has 0 bridgehead atoms. The molecule has 1 saturated carbocycles. The van der Waals surface area contributed by atoms with Gasteiger partial charge in [0.05, 0.1) is 5.39 Å². The average Bonchev–Trinajstić information content (AvgIpc) is 2.74. The van der Waals surface area contributed by atoms with Crippen LogP contribution < -0.4 is 5.32 Å². The van der Waals surface area contributed by atoms with Crippen molar-refractivity contribution in [3.8, 4) is 0 Å². The third-order valence-electron chi connectivity index (χ3n) is 4.79. The predicted molar refractivity (Wildman–Crippen MR) is 86.5 cm³/mol. The molecular formula is C16H23N3S. The van der Waals surface area contributed by atoms with E-state index in [9.17, 15) is 0 Å². The van der Waals surface area contributed by atoms with Crippen molar-refractivity contribution in [3.05, 3.63) is 16.8 Å². The van der Waals surface area contributed by atoms with E-state index < -0.39 is 0 Å². The van der Waals surface area contributed by atoms with E-state index in [1.54, 1.807) is 17.7 Å². The highest BCUT2D eigenvalue weighted by Gasteiger charge is 2.21. The van der Waals surface area contributed by atoms with Crippen LogP contribution in [0.25, 0.3) is 10.2 Å².